The molecule has 0 aromatic carbocycles. The van der Waals surface area contributed by atoms with Gasteiger partial charge < -0.3 is 21.5 Å². The number of carboxylic acid groups (broad SMARTS) is 1. The van der Waals surface area contributed by atoms with Gasteiger partial charge in [0.1, 0.15) is 6.04 Å². The Kier molecular flexibility index (Phi) is 6.31. The Labute approximate surface area is 112 Å². The summed E-state index contributed by atoms with van der Waals surface area (Å²) >= 11 is 0. The topological polar surface area (TPSA) is 122 Å². The summed E-state index contributed by atoms with van der Waals surface area (Å²) in [5, 5.41) is 13.6. The molecule has 0 fully saturated rings. The summed E-state index contributed by atoms with van der Waals surface area (Å²) in [7, 11) is 0. The molecule has 0 heterocycles. The van der Waals surface area contributed by atoms with Crippen molar-refractivity contribution in [2.24, 2.45) is 17.1 Å². The fourth-order valence-electron chi connectivity index (χ4n) is 1.16. The molecule has 7 nitrogen and oxygen atoms in total. The quantitative estimate of drug-likeness (QED) is 0.556. The first-order valence-electron chi connectivity index (χ1n) is 6.09. The third kappa shape index (κ3) is 7.28. The number of nitrogens with two attached hydrogens (primary N) is 1. The van der Waals surface area contributed by atoms with E-state index < -0.39 is 30.4 Å². The summed E-state index contributed by atoms with van der Waals surface area (Å²) < 4.78 is 0. The van der Waals surface area contributed by atoms with E-state index in [2.05, 4.69) is 10.6 Å². The highest BCUT2D eigenvalue weighted by Crippen LogP contribution is 2.24. The summed E-state index contributed by atoms with van der Waals surface area (Å²) in [4.78, 5) is 33.0. The van der Waals surface area contributed by atoms with Crippen LogP contribution < -0.4 is 16.4 Å². The van der Waals surface area contributed by atoms with Crippen molar-refractivity contribution in [1.29, 1.82) is 0 Å². The predicted molar refractivity (Wildman–Crippen MR) is 70.4 cm³/mol. The lowest BCUT2D eigenvalue weighted by molar-refractivity contribution is -0.140. The first-order chi connectivity index (χ1) is 8.54. The van der Waals surface area contributed by atoms with Crippen LogP contribution in [0.25, 0.3) is 0 Å². The molecule has 0 bridgehead atoms. The lowest BCUT2D eigenvalue weighted by Gasteiger charge is -2.27. The fraction of sp³-hybridized carbons (Fsp3) is 0.750. The number of carbonyl (C=O) groups excluding carboxylic acids is 2. The average Bonchev–Trinajstić information content (AvgIpc) is 2.22. The maximum Gasteiger partial charge on any atom is 0.326 e. The highest BCUT2D eigenvalue weighted by Gasteiger charge is 2.24. The Morgan fingerprint density at radius 1 is 1.26 bits per heavy atom. The van der Waals surface area contributed by atoms with Crippen molar-refractivity contribution in [2.45, 2.75) is 40.2 Å². The molecule has 7 heteroatoms. The van der Waals surface area contributed by atoms with Gasteiger partial charge in [0, 0.05) is 6.54 Å². The number of carboxylic acids is 1. The van der Waals surface area contributed by atoms with Gasteiger partial charge in [0.2, 0.25) is 5.91 Å². The Balaban J connectivity index is 4.28. The SMILES string of the molecule is CC(CNC(=O)NC(CC(N)=O)C(=O)O)C(C)(C)C. The van der Waals surface area contributed by atoms with Crippen molar-refractivity contribution in [3.8, 4) is 0 Å². The van der Waals surface area contributed by atoms with Crippen molar-refractivity contribution in [3.63, 3.8) is 0 Å². The van der Waals surface area contributed by atoms with Gasteiger partial charge in [-0.1, -0.05) is 27.7 Å². The van der Waals surface area contributed by atoms with Crippen LogP contribution in [-0.4, -0.2) is 35.6 Å². The molecule has 0 aliphatic carbocycles. The zero-order valence-electron chi connectivity index (χ0n) is 11.8. The van der Waals surface area contributed by atoms with E-state index in [1.54, 1.807) is 0 Å². The van der Waals surface area contributed by atoms with Crippen LogP contribution >= 0.6 is 0 Å². The van der Waals surface area contributed by atoms with Crippen LogP contribution in [-0.2, 0) is 9.59 Å². The molecular formula is C12H23N3O4. The molecular weight excluding hydrogens is 250 g/mol. The van der Waals surface area contributed by atoms with Crippen LogP contribution in [0, 0.1) is 11.3 Å². The Morgan fingerprint density at radius 3 is 2.16 bits per heavy atom. The van der Waals surface area contributed by atoms with Crippen LogP contribution in [0.3, 0.4) is 0 Å². The van der Waals surface area contributed by atoms with E-state index in [1.807, 2.05) is 27.7 Å². The van der Waals surface area contributed by atoms with E-state index in [0.717, 1.165) is 0 Å². The van der Waals surface area contributed by atoms with Crippen molar-refractivity contribution in [2.75, 3.05) is 6.54 Å². The number of aliphatic carboxylic acids is 1. The molecule has 0 saturated carbocycles. The van der Waals surface area contributed by atoms with E-state index in [-0.39, 0.29) is 11.3 Å². The number of hydrogen-bond donors (Lipinski definition) is 4. The molecule has 2 unspecified atom stereocenters. The molecule has 0 aliphatic rings. The van der Waals surface area contributed by atoms with Gasteiger partial charge in [0.25, 0.3) is 0 Å². The largest absolute Gasteiger partial charge is 0.480 e. The monoisotopic (exact) mass is 273 g/mol. The molecule has 3 amide bonds. The fourth-order valence-corrected chi connectivity index (χ4v) is 1.16. The molecule has 2 atom stereocenters. The molecule has 0 aromatic heterocycles. The van der Waals surface area contributed by atoms with Gasteiger partial charge in [-0.2, -0.15) is 0 Å². The number of urea groups is 1. The van der Waals surface area contributed by atoms with Gasteiger partial charge in [0.05, 0.1) is 6.42 Å². The lowest BCUT2D eigenvalue weighted by Crippen LogP contribution is -2.49. The highest BCUT2D eigenvalue weighted by atomic mass is 16.4. The predicted octanol–water partition coefficient (Wildman–Crippen LogP) is 0.296. The number of amides is 3. The third-order valence-corrected chi connectivity index (χ3v) is 3.06. The lowest BCUT2D eigenvalue weighted by atomic mass is 9.82. The molecule has 0 radical (unpaired) electrons. The van der Waals surface area contributed by atoms with Crippen molar-refractivity contribution >= 4 is 17.9 Å². The van der Waals surface area contributed by atoms with E-state index in [9.17, 15) is 14.4 Å². The molecule has 5 N–H and O–H groups in total. The van der Waals surface area contributed by atoms with Crippen LogP contribution in [0.4, 0.5) is 4.79 Å². The summed E-state index contributed by atoms with van der Waals surface area (Å²) in [6.07, 6.45) is -0.433. The highest BCUT2D eigenvalue weighted by molar-refractivity contribution is 5.87. The maximum absolute atomic E-state index is 11.5. The normalized spacial score (nSPS) is 14.3. The van der Waals surface area contributed by atoms with Crippen LogP contribution in [0.1, 0.15) is 34.1 Å². The van der Waals surface area contributed by atoms with E-state index >= 15 is 0 Å². The minimum Gasteiger partial charge on any atom is -0.480 e. The van der Waals surface area contributed by atoms with Gasteiger partial charge in [-0.3, -0.25) is 4.79 Å². The third-order valence-electron chi connectivity index (χ3n) is 3.06. The second-order valence-corrected chi connectivity index (χ2v) is 5.68. The number of nitrogens with one attached hydrogen (secondary N) is 2. The first-order valence-corrected chi connectivity index (χ1v) is 6.09. The van der Waals surface area contributed by atoms with Crippen LogP contribution in [0.15, 0.2) is 0 Å². The number of rotatable bonds is 6. The van der Waals surface area contributed by atoms with Gasteiger partial charge in [-0.05, 0) is 11.3 Å². The van der Waals surface area contributed by atoms with Crippen molar-refractivity contribution in [3.05, 3.63) is 0 Å². The molecule has 110 valence electrons. The summed E-state index contributed by atoms with van der Waals surface area (Å²) in [6, 6.07) is -1.92. The van der Waals surface area contributed by atoms with Crippen LogP contribution in [0.2, 0.25) is 0 Å². The van der Waals surface area contributed by atoms with E-state index in [0.29, 0.717) is 6.54 Å². The van der Waals surface area contributed by atoms with Crippen molar-refractivity contribution in [1.82, 2.24) is 10.6 Å². The molecule has 19 heavy (non-hydrogen) atoms. The zero-order valence-corrected chi connectivity index (χ0v) is 11.8. The minimum absolute atomic E-state index is 0.0344. The smallest absolute Gasteiger partial charge is 0.326 e. The van der Waals surface area contributed by atoms with Gasteiger partial charge in [-0.15, -0.1) is 0 Å². The Morgan fingerprint density at radius 2 is 1.79 bits per heavy atom. The molecule has 0 rings (SSSR count). The van der Waals surface area contributed by atoms with Gasteiger partial charge >= 0.3 is 12.0 Å². The Bertz CT molecular complexity index is 349. The standard InChI is InChI=1S/C12H23N3O4/c1-7(12(2,3)4)6-14-11(19)15-8(10(17)18)5-9(13)16/h7-8H,5-6H2,1-4H3,(H2,13,16)(H,17,18)(H2,14,15,19). The van der Waals surface area contributed by atoms with E-state index in [1.165, 1.54) is 0 Å². The van der Waals surface area contributed by atoms with E-state index in [4.69, 9.17) is 10.8 Å². The molecule has 0 aliphatic heterocycles. The number of primary amides is 1. The van der Waals surface area contributed by atoms with Crippen LogP contribution in [0.5, 0.6) is 0 Å². The average molecular weight is 273 g/mol. The summed E-state index contributed by atoms with van der Waals surface area (Å²) in [5.74, 6) is -1.86. The summed E-state index contributed by atoms with van der Waals surface area (Å²) in [6.45, 7) is 8.54. The van der Waals surface area contributed by atoms with Gasteiger partial charge in [-0.25, -0.2) is 9.59 Å². The Hall–Kier alpha value is -1.79. The molecule has 0 spiro atoms. The maximum atomic E-state index is 11.5. The summed E-state index contributed by atoms with van der Waals surface area (Å²) in [5.41, 5.74) is 4.95. The first kappa shape index (κ1) is 17.2. The molecule has 0 aromatic rings. The molecule has 0 saturated heterocycles. The zero-order chi connectivity index (χ0) is 15.2. The second-order valence-electron chi connectivity index (χ2n) is 5.68. The number of hydrogen-bond acceptors (Lipinski definition) is 3. The number of carbonyl (C=O) groups is 3. The van der Waals surface area contributed by atoms with Gasteiger partial charge in [0.15, 0.2) is 0 Å². The minimum atomic E-state index is -1.30. The van der Waals surface area contributed by atoms with Crippen molar-refractivity contribution < 1.29 is 19.5 Å². The second kappa shape index (κ2) is 6.96.